The predicted molar refractivity (Wildman–Crippen MR) is 105 cm³/mol. The van der Waals surface area contributed by atoms with E-state index < -0.39 is 39.1 Å². The highest BCUT2D eigenvalue weighted by molar-refractivity contribution is 7.85. The van der Waals surface area contributed by atoms with Crippen molar-refractivity contribution in [2.24, 2.45) is 5.73 Å². The average Bonchev–Trinajstić information content (AvgIpc) is 2.96. The van der Waals surface area contributed by atoms with Crippen LogP contribution in [0.4, 0.5) is 23.4 Å². The van der Waals surface area contributed by atoms with Crippen molar-refractivity contribution in [1.29, 1.82) is 0 Å². The minimum atomic E-state index is -4.79. The lowest BCUT2D eigenvalue weighted by atomic mass is 10.1. The van der Waals surface area contributed by atoms with E-state index in [1.165, 1.54) is 25.1 Å². The van der Waals surface area contributed by atoms with Crippen molar-refractivity contribution >= 4 is 21.8 Å². The van der Waals surface area contributed by atoms with Crippen molar-refractivity contribution in [1.82, 2.24) is 4.98 Å². The number of hydrogen-bond donors (Lipinski definition) is 2. The molecule has 0 spiro atoms. The van der Waals surface area contributed by atoms with Gasteiger partial charge in [-0.3, -0.25) is 9.35 Å². The van der Waals surface area contributed by atoms with Crippen LogP contribution in [0.3, 0.4) is 0 Å². The Morgan fingerprint density at radius 1 is 1.06 bits per heavy atom. The van der Waals surface area contributed by atoms with Crippen LogP contribution >= 0.6 is 0 Å². The second-order valence-corrected chi connectivity index (χ2v) is 8.20. The first-order chi connectivity index (χ1) is 14.4. The van der Waals surface area contributed by atoms with E-state index in [0.717, 1.165) is 37.8 Å². The maximum absolute atomic E-state index is 12.5. The summed E-state index contributed by atoms with van der Waals surface area (Å²) in [6, 6.07) is 4.73. The first kappa shape index (κ1) is 24.5. The number of primary amides is 1. The topological polar surface area (TPSA) is 114 Å². The maximum atomic E-state index is 12.5. The van der Waals surface area contributed by atoms with Crippen molar-refractivity contribution in [3.8, 4) is 0 Å². The van der Waals surface area contributed by atoms with Crippen molar-refractivity contribution in [3.63, 3.8) is 0 Å². The second-order valence-electron chi connectivity index (χ2n) is 6.78. The quantitative estimate of drug-likeness (QED) is 0.531. The Kier molecular flexibility index (Phi) is 7.96. The molecule has 1 aromatic heterocycles. The van der Waals surface area contributed by atoms with E-state index in [4.69, 9.17) is 10.3 Å². The summed E-state index contributed by atoms with van der Waals surface area (Å²) in [5, 5.41) is 0. The van der Waals surface area contributed by atoms with Gasteiger partial charge in [0.05, 0.1) is 17.3 Å². The van der Waals surface area contributed by atoms with Gasteiger partial charge in [0.15, 0.2) is 0 Å². The highest BCUT2D eigenvalue weighted by Crippen LogP contribution is 2.32. The van der Waals surface area contributed by atoms with Gasteiger partial charge in [0.25, 0.3) is 10.1 Å². The molecule has 1 aliphatic rings. The van der Waals surface area contributed by atoms with Gasteiger partial charge in [0.1, 0.15) is 16.5 Å². The molecule has 1 amide bonds. The van der Waals surface area contributed by atoms with Crippen LogP contribution in [0.25, 0.3) is 0 Å². The van der Waals surface area contributed by atoms with Crippen LogP contribution in [0.1, 0.15) is 41.6 Å². The summed E-state index contributed by atoms with van der Waals surface area (Å²) in [6.07, 6.45) is 1.17. The molecule has 170 valence electrons. The van der Waals surface area contributed by atoms with E-state index in [0.29, 0.717) is 6.07 Å². The van der Waals surface area contributed by atoms with Crippen molar-refractivity contribution in [3.05, 3.63) is 53.5 Å². The summed E-state index contributed by atoms with van der Waals surface area (Å²) in [5.74, 6) is -1.53. The number of amides is 1. The van der Waals surface area contributed by atoms with Gasteiger partial charge in [-0.05, 0) is 43.2 Å². The molecule has 0 atom stereocenters. The van der Waals surface area contributed by atoms with Gasteiger partial charge in [-0.25, -0.2) is 9.37 Å². The Balaban J connectivity index is 0.000000225. The molecule has 0 bridgehead atoms. The number of carbonyl (C=O) groups is 1. The number of carbonyl (C=O) groups excluding carboxylic acids is 1. The smallest absolute Gasteiger partial charge is 0.366 e. The summed E-state index contributed by atoms with van der Waals surface area (Å²) < 4.78 is 79.7. The van der Waals surface area contributed by atoms with E-state index in [1.807, 2.05) is 0 Å². The fourth-order valence-corrected chi connectivity index (χ4v) is 3.40. The fraction of sp³-hybridized carbons (Fsp3) is 0.368. The Morgan fingerprint density at radius 3 is 2.13 bits per heavy atom. The first-order valence-corrected chi connectivity index (χ1v) is 10.7. The number of pyridine rings is 1. The first-order valence-electron chi connectivity index (χ1n) is 9.24. The van der Waals surface area contributed by atoms with Crippen molar-refractivity contribution < 1.29 is 35.3 Å². The number of halogens is 4. The van der Waals surface area contributed by atoms with Crippen molar-refractivity contribution in [2.45, 2.75) is 36.8 Å². The predicted octanol–water partition coefficient (Wildman–Crippen LogP) is 3.65. The highest BCUT2D eigenvalue weighted by Gasteiger charge is 2.35. The zero-order chi connectivity index (χ0) is 23.2. The van der Waals surface area contributed by atoms with E-state index in [1.54, 1.807) is 6.07 Å². The molecular weight excluding hydrogens is 442 g/mol. The molecule has 2 heterocycles. The Morgan fingerprint density at radius 2 is 1.68 bits per heavy atom. The normalized spacial score (nSPS) is 14.9. The molecule has 0 unspecified atom stereocenters. The molecule has 7 nitrogen and oxygen atoms in total. The zero-order valence-corrected chi connectivity index (χ0v) is 17.1. The standard InChI is InChI=1S/C11H16N2O3S.C8H5F4NO/c14-17(15,16)10-5-6-11(12-9-10)13-7-3-1-2-4-8-13;9-4-1-2-5(7(13)14)6(3-4)8(10,11)12/h5-6,9H,1-4,7-8H2,(H,14,15,16);1-3H,(H2,13,14). The third-order valence-electron chi connectivity index (χ3n) is 4.50. The molecule has 2 aromatic rings. The lowest BCUT2D eigenvalue weighted by Crippen LogP contribution is -2.24. The number of aromatic nitrogens is 1. The number of nitrogens with two attached hydrogens (primary N) is 1. The van der Waals surface area contributed by atoms with Crippen molar-refractivity contribution in [2.75, 3.05) is 18.0 Å². The molecule has 0 aliphatic carbocycles. The van der Waals surface area contributed by atoms with Gasteiger partial charge >= 0.3 is 6.18 Å². The van der Waals surface area contributed by atoms with E-state index in [2.05, 4.69) is 9.88 Å². The monoisotopic (exact) mass is 463 g/mol. The molecule has 1 fully saturated rings. The van der Waals surface area contributed by atoms with Gasteiger partial charge in [0, 0.05) is 13.1 Å². The molecule has 0 saturated carbocycles. The van der Waals surface area contributed by atoms with Crippen LogP contribution in [0.15, 0.2) is 41.4 Å². The van der Waals surface area contributed by atoms with E-state index in [9.17, 15) is 30.8 Å². The lowest BCUT2D eigenvalue weighted by Gasteiger charge is -2.21. The largest absolute Gasteiger partial charge is 0.417 e. The highest BCUT2D eigenvalue weighted by atomic mass is 32.2. The Bertz CT molecular complexity index is 1000. The maximum Gasteiger partial charge on any atom is 0.417 e. The lowest BCUT2D eigenvalue weighted by molar-refractivity contribution is -0.138. The molecular formula is C19H21F4N3O4S. The van der Waals surface area contributed by atoms with Gasteiger partial charge in [0.2, 0.25) is 5.91 Å². The average molecular weight is 463 g/mol. The molecule has 3 rings (SSSR count). The molecule has 1 aromatic carbocycles. The van der Waals surface area contributed by atoms with Crippen LogP contribution in [0.5, 0.6) is 0 Å². The number of benzene rings is 1. The van der Waals surface area contributed by atoms with Crippen LogP contribution in [0, 0.1) is 5.82 Å². The molecule has 12 heteroatoms. The van der Waals surface area contributed by atoms with Crippen LogP contribution < -0.4 is 10.6 Å². The second kappa shape index (κ2) is 10.1. The summed E-state index contributed by atoms with van der Waals surface area (Å²) in [6.45, 7) is 1.91. The number of alkyl halides is 3. The summed E-state index contributed by atoms with van der Waals surface area (Å²) in [7, 11) is -4.14. The zero-order valence-electron chi connectivity index (χ0n) is 16.3. The fourth-order valence-electron chi connectivity index (χ4n) is 2.98. The van der Waals surface area contributed by atoms with Gasteiger partial charge in [-0.15, -0.1) is 0 Å². The molecule has 1 aliphatic heterocycles. The minimum Gasteiger partial charge on any atom is -0.366 e. The Labute approximate surface area is 176 Å². The van der Waals surface area contributed by atoms with Gasteiger partial charge in [-0.1, -0.05) is 12.8 Å². The van der Waals surface area contributed by atoms with Crippen LogP contribution in [-0.4, -0.2) is 37.0 Å². The number of anilines is 1. The molecule has 1 saturated heterocycles. The van der Waals surface area contributed by atoms with E-state index in [-0.39, 0.29) is 11.0 Å². The van der Waals surface area contributed by atoms with E-state index >= 15 is 0 Å². The third kappa shape index (κ3) is 7.17. The Hall–Kier alpha value is -2.73. The third-order valence-corrected chi connectivity index (χ3v) is 5.34. The molecule has 3 N–H and O–H groups in total. The SMILES string of the molecule is NC(=O)c1ccc(F)cc1C(F)(F)F.O=S(=O)(O)c1ccc(N2CCCCCC2)nc1. The number of rotatable bonds is 3. The minimum absolute atomic E-state index is 0.156. The molecule has 0 radical (unpaired) electrons. The van der Waals surface area contributed by atoms with Gasteiger partial charge in [-0.2, -0.15) is 21.6 Å². The summed E-state index contributed by atoms with van der Waals surface area (Å²) in [4.78, 5) is 16.7. The summed E-state index contributed by atoms with van der Waals surface area (Å²) in [5.41, 5.74) is 2.61. The number of nitrogens with zero attached hydrogens (tertiary/aromatic N) is 2. The summed E-state index contributed by atoms with van der Waals surface area (Å²) >= 11 is 0. The molecule has 31 heavy (non-hydrogen) atoms. The van der Waals surface area contributed by atoms with Gasteiger partial charge < -0.3 is 10.6 Å². The number of hydrogen-bond acceptors (Lipinski definition) is 5. The van der Waals surface area contributed by atoms with Crippen LogP contribution in [0.2, 0.25) is 0 Å². The van der Waals surface area contributed by atoms with Crippen LogP contribution in [-0.2, 0) is 16.3 Å².